The fraction of sp³-hybridized carbons (Fsp3) is 0.182. The normalized spacial score (nSPS) is 12.8. The van der Waals surface area contributed by atoms with E-state index in [0.29, 0.717) is 11.3 Å². The van der Waals surface area contributed by atoms with E-state index in [9.17, 15) is 4.79 Å². The molecule has 2 atom stereocenters. The molecule has 0 spiro atoms. The van der Waals surface area contributed by atoms with Gasteiger partial charge in [0.2, 0.25) is 0 Å². The van der Waals surface area contributed by atoms with Crippen LogP contribution in [0.2, 0.25) is 0 Å². The Kier molecular flexibility index (Phi) is 5.19. The predicted molar refractivity (Wildman–Crippen MR) is 102 cm³/mol. The zero-order valence-corrected chi connectivity index (χ0v) is 14.8. The predicted octanol–water partition coefficient (Wildman–Crippen LogP) is 4.36. The molecule has 0 heterocycles. The van der Waals surface area contributed by atoms with Gasteiger partial charge in [-0.25, -0.2) is 0 Å². The minimum atomic E-state index is -0.633. The number of carbonyl (C=O) groups excluding carboxylic acids is 1. The Morgan fingerprint density at radius 3 is 2.38 bits per heavy atom. The molecule has 0 bridgehead atoms. The highest BCUT2D eigenvalue weighted by atomic mass is 16.5. The lowest BCUT2D eigenvalue weighted by Gasteiger charge is -2.19. The van der Waals surface area contributed by atoms with Gasteiger partial charge in [0, 0.05) is 0 Å². The van der Waals surface area contributed by atoms with Gasteiger partial charge in [-0.2, -0.15) is 5.26 Å². The van der Waals surface area contributed by atoms with Crippen molar-refractivity contribution in [3.63, 3.8) is 0 Å². The van der Waals surface area contributed by atoms with E-state index >= 15 is 0 Å². The van der Waals surface area contributed by atoms with Crippen molar-refractivity contribution in [2.24, 2.45) is 0 Å². The van der Waals surface area contributed by atoms with Crippen molar-refractivity contribution in [1.82, 2.24) is 5.32 Å². The first-order chi connectivity index (χ1) is 12.6. The molecule has 0 saturated carbocycles. The zero-order chi connectivity index (χ0) is 18.5. The smallest absolute Gasteiger partial charge is 0.261 e. The van der Waals surface area contributed by atoms with Crippen LogP contribution in [0.3, 0.4) is 0 Å². The number of benzene rings is 3. The number of ether oxygens (including phenoxy) is 1. The van der Waals surface area contributed by atoms with Crippen molar-refractivity contribution in [2.45, 2.75) is 26.0 Å². The summed E-state index contributed by atoms with van der Waals surface area (Å²) in [5.74, 6) is 0.375. The van der Waals surface area contributed by atoms with Crippen LogP contribution >= 0.6 is 0 Å². The van der Waals surface area contributed by atoms with Crippen molar-refractivity contribution in [3.8, 4) is 11.8 Å². The molecule has 3 aromatic carbocycles. The monoisotopic (exact) mass is 344 g/mol. The van der Waals surface area contributed by atoms with Gasteiger partial charge in [-0.15, -0.1) is 0 Å². The van der Waals surface area contributed by atoms with Gasteiger partial charge in [0.25, 0.3) is 5.91 Å². The molecule has 0 aliphatic heterocycles. The number of nitrogens with one attached hydrogen (secondary N) is 1. The maximum Gasteiger partial charge on any atom is 0.261 e. The molecule has 0 unspecified atom stereocenters. The molecule has 0 fully saturated rings. The molecule has 1 N–H and O–H groups in total. The number of nitriles is 1. The fourth-order valence-corrected chi connectivity index (χ4v) is 2.76. The number of amides is 1. The molecule has 0 aliphatic rings. The van der Waals surface area contributed by atoms with Gasteiger partial charge in [-0.05, 0) is 60.5 Å². The van der Waals surface area contributed by atoms with Gasteiger partial charge >= 0.3 is 0 Å². The van der Waals surface area contributed by atoms with E-state index in [-0.39, 0.29) is 11.9 Å². The van der Waals surface area contributed by atoms with Crippen molar-refractivity contribution in [2.75, 3.05) is 0 Å². The Morgan fingerprint density at radius 2 is 1.69 bits per heavy atom. The minimum Gasteiger partial charge on any atom is -0.481 e. The van der Waals surface area contributed by atoms with Gasteiger partial charge in [0.05, 0.1) is 17.7 Å². The van der Waals surface area contributed by atoms with Crippen LogP contribution in [0.15, 0.2) is 66.7 Å². The highest BCUT2D eigenvalue weighted by molar-refractivity contribution is 5.84. The molecule has 0 saturated heterocycles. The molecule has 4 heteroatoms. The molecule has 0 radical (unpaired) electrons. The summed E-state index contributed by atoms with van der Waals surface area (Å²) < 4.78 is 5.66. The van der Waals surface area contributed by atoms with Crippen molar-refractivity contribution < 1.29 is 9.53 Å². The third-order valence-corrected chi connectivity index (χ3v) is 4.30. The van der Waals surface area contributed by atoms with E-state index in [0.717, 1.165) is 10.9 Å². The summed E-state index contributed by atoms with van der Waals surface area (Å²) in [6.45, 7) is 3.66. The summed E-state index contributed by atoms with van der Waals surface area (Å²) >= 11 is 0. The topological polar surface area (TPSA) is 62.1 Å². The maximum absolute atomic E-state index is 12.4. The Balaban J connectivity index is 1.64. The van der Waals surface area contributed by atoms with Gasteiger partial charge in [0.1, 0.15) is 5.75 Å². The second kappa shape index (κ2) is 7.71. The zero-order valence-electron chi connectivity index (χ0n) is 14.8. The van der Waals surface area contributed by atoms with Crippen LogP contribution in [0.1, 0.15) is 31.0 Å². The Hall–Kier alpha value is -3.32. The largest absolute Gasteiger partial charge is 0.481 e. The second-order valence-electron chi connectivity index (χ2n) is 6.23. The van der Waals surface area contributed by atoms with Crippen LogP contribution in [0.25, 0.3) is 10.8 Å². The molecule has 0 aliphatic carbocycles. The van der Waals surface area contributed by atoms with Crippen LogP contribution in [0, 0.1) is 11.3 Å². The summed E-state index contributed by atoms with van der Waals surface area (Å²) in [6, 6.07) is 22.9. The van der Waals surface area contributed by atoms with E-state index in [4.69, 9.17) is 10.00 Å². The minimum absolute atomic E-state index is 0.126. The molecule has 3 aromatic rings. The summed E-state index contributed by atoms with van der Waals surface area (Å²) in [6.07, 6.45) is -0.633. The quantitative estimate of drug-likeness (QED) is 0.748. The first-order valence-corrected chi connectivity index (χ1v) is 8.53. The second-order valence-corrected chi connectivity index (χ2v) is 6.23. The fourth-order valence-electron chi connectivity index (χ4n) is 2.76. The van der Waals surface area contributed by atoms with E-state index < -0.39 is 6.10 Å². The van der Waals surface area contributed by atoms with Crippen LogP contribution in [-0.4, -0.2) is 12.0 Å². The lowest BCUT2D eigenvalue weighted by molar-refractivity contribution is -0.127. The molecule has 130 valence electrons. The molecular formula is C22H20N2O2. The van der Waals surface area contributed by atoms with Gasteiger partial charge in [-0.1, -0.05) is 36.4 Å². The maximum atomic E-state index is 12.4. The van der Waals surface area contributed by atoms with Crippen LogP contribution in [0.5, 0.6) is 5.75 Å². The first-order valence-electron chi connectivity index (χ1n) is 8.53. The van der Waals surface area contributed by atoms with Gasteiger partial charge in [0.15, 0.2) is 6.10 Å². The number of hydrogen-bond acceptors (Lipinski definition) is 3. The SMILES string of the molecule is C[C@H](Oc1ccc(C#N)cc1)C(=O)N[C@H](C)c1ccc2ccccc2c1. The van der Waals surface area contributed by atoms with Crippen molar-refractivity contribution in [1.29, 1.82) is 5.26 Å². The number of hydrogen-bond donors (Lipinski definition) is 1. The Morgan fingerprint density at radius 1 is 1.00 bits per heavy atom. The van der Waals surface area contributed by atoms with E-state index in [1.165, 1.54) is 5.39 Å². The molecule has 0 aromatic heterocycles. The third-order valence-electron chi connectivity index (χ3n) is 4.30. The van der Waals surface area contributed by atoms with Crippen LogP contribution < -0.4 is 10.1 Å². The molecule has 4 nitrogen and oxygen atoms in total. The third kappa shape index (κ3) is 4.01. The van der Waals surface area contributed by atoms with Crippen molar-refractivity contribution >= 4 is 16.7 Å². The van der Waals surface area contributed by atoms with E-state index in [1.54, 1.807) is 31.2 Å². The first kappa shape index (κ1) is 17.5. The summed E-state index contributed by atoms with van der Waals surface area (Å²) in [5.41, 5.74) is 1.60. The number of nitrogens with zero attached hydrogens (tertiary/aromatic N) is 1. The van der Waals surface area contributed by atoms with E-state index in [1.807, 2.05) is 25.1 Å². The number of fused-ring (bicyclic) bond motifs is 1. The van der Waals surface area contributed by atoms with Gasteiger partial charge < -0.3 is 10.1 Å². The summed E-state index contributed by atoms with van der Waals surface area (Å²) in [7, 11) is 0. The van der Waals surface area contributed by atoms with Crippen LogP contribution in [-0.2, 0) is 4.79 Å². The molecule has 26 heavy (non-hydrogen) atoms. The van der Waals surface area contributed by atoms with Crippen molar-refractivity contribution in [3.05, 3.63) is 77.9 Å². The van der Waals surface area contributed by atoms with Crippen LogP contribution in [0.4, 0.5) is 0 Å². The summed E-state index contributed by atoms with van der Waals surface area (Å²) in [5, 5.41) is 14.1. The lowest BCUT2D eigenvalue weighted by atomic mass is 10.0. The molecule has 1 amide bonds. The Bertz CT molecular complexity index is 958. The standard InChI is InChI=1S/C22H20N2O2/c1-15(19-10-9-18-5-3-4-6-20(18)13-19)24-22(25)16(2)26-21-11-7-17(14-23)8-12-21/h3-13,15-16H,1-2H3,(H,24,25)/t15-,16+/m1/s1. The van der Waals surface area contributed by atoms with Gasteiger partial charge in [-0.3, -0.25) is 4.79 Å². The number of rotatable bonds is 5. The molecule has 3 rings (SSSR count). The Labute approximate surface area is 153 Å². The lowest BCUT2D eigenvalue weighted by Crippen LogP contribution is -2.37. The summed E-state index contributed by atoms with van der Waals surface area (Å²) in [4.78, 5) is 12.4. The highest BCUT2D eigenvalue weighted by Gasteiger charge is 2.18. The van der Waals surface area contributed by atoms with E-state index in [2.05, 4.69) is 35.7 Å². The average Bonchev–Trinajstić information content (AvgIpc) is 2.68. The highest BCUT2D eigenvalue weighted by Crippen LogP contribution is 2.20. The number of carbonyl (C=O) groups is 1. The average molecular weight is 344 g/mol. The molecular weight excluding hydrogens is 324 g/mol.